The van der Waals surface area contributed by atoms with Gasteiger partial charge in [-0.15, -0.1) is 0 Å². The van der Waals surface area contributed by atoms with Gasteiger partial charge in [-0.2, -0.15) is 5.26 Å². The molecule has 0 amide bonds. The Kier molecular flexibility index (Phi) is 4.59. The lowest BCUT2D eigenvalue weighted by Gasteiger charge is -2.17. The highest BCUT2D eigenvalue weighted by Crippen LogP contribution is 2.43. The van der Waals surface area contributed by atoms with Gasteiger partial charge in [0.25, 0.3) is 0 Å². The van der Waals surface area contributed by atoms with Crippen molar-refractivity contribution in [3.63, 3.8) is 0 Å². The number of benzene rings is 7. The molecule has 0 saturated heterocycles. The molecule has 36 heavy (non-hydrogen) atoms. The molecule has 7 rings (SSSR count). The average molecular weight is 456 g/mol. The van der Waals surface area contributed by atoms with Crippen molar-refractivity contribution in [2.24, 2.45) is 0 Å². The van der Waals surface area contributed by atoms with Crippen molar-refractivity contribution in [2.75, 3.05) is 0 Å². The van der Waals surface area contributed by atoms with Crippen molar-refractivity contribution in [1.82, 2.24) is 0 Å². The quantitative estimate of drug-likeness (QED) is 0.238. The van der Waals surface area contributed by atoms with E-state index in [0.29, 0.717) is 5.56 Å². The zero-order valence-electron chi connectivity index (χ0n) is 19.6. The Balaban J connectivity index is 1.63. The third-order valence-corrected chi connectivity index (χ3v) is 7.27. The molecule has 0 bridgehead atoms. The molecule has 1 nitrogen and oxygen atoms in total. The Morgan fingerprint density at radius 2 is 0.806 bits per heavy atom. The molecule has 0 aromatic heterocycles. The van der Waals surface area contributed by atoms with E-state index in [0.717, 1.165) is 16.7 Å². The number of nitrogens with zero attached hydrogens (tertiary/aromatic N) is 1. The van der Waals surface area contributed by atoms with Crippen LogP contribution in [0.15, 0.2) is 127 Å². The van der Waals surface area contributed by atoms with Crippen molar-refractivity contribution < 1.29 is 0 Å². The van der Waals surface area contributed by atoms with E-state index in [1.807, 2.05) is 6.07 Å². The fourth-order valence-electron chi connectivity index (χ4n) is 5.63. The lowest BCUT2D eigenvalue weighted by molar-refractivity contribution is 1.48. The minimum Gasteiger partial charge on any atom is -0.192 e. The predicted octanol–water partition coefficient (Wildman–Crippen LogP) is 9.51. The molecule has 0 heterocycles. The van der Waals surface area contributed by atoms with Crippen LogP contribution in [0.25, 0.3) is 65.3 Å². The summed E-state index contributed by atoms with van der Waals surface area (Å²) >= 11 is 0. The first-order chi connectivity index (χ1) is 17.8. The van der Waals surface area contributed by atoms with Gasteiger partial charge >= 0.3 is 0 Å². The van der Waals surface area contributed by atoms with Crippen molar-refractivity contribution in [3.8, 4) is 28.3 Å². The monoisotopic (exact) mass is 455 g/mol. The molecule has 7 aromatic carbocycles. The first-order valence-electron chi connectivity index (χ1n) is 12.2. The number of fused-ring (bicyclic) bond motifs is 6. The summed E-state index contributed by atoms with van der Waals surface area (Å²) in [5.74, 6) is 0. The second-order valence-corrected chi connectivity index (χ2v) is 9.25. The molecule has 0 radical (unpaired) electrons. The smallest absolute Gasteiger partial charge is 0.0991 e. The molecule has 0 aliphatic rings. The Bertz CT molecular complexity index is 2010. The number of rotatable bonds is 2. The summed E-state index contributed by atoms with van der Waals surface area (Å²) in [6.07, 6.45) is 0. The van der Waals surface area contributed by atoms with E-state index in [1.54, 1.807) is 0 Å². The van der Waals surface area contributed by atoms with E-state index < -0.39 is 0 Å². The van der Waals surface area contributed by atoms with E-state index in [9.17, 15) is 5.26 Å². The topological polar surface area (TPSA) is 23.8 Å². The van der Waals surface area contributed by atoms with Gasteiger partial charge in [0.05, 0.1) is 11.6 Å². The molecule has 0 aliphatic carbocycles. The first-order valence-corrected chi connectivity index (χ1v) is 12.2. The van der Waals surface area contributed by atoms with Gasteiger partial charge in [0, 0.05) is 0 Å². The van der Waals surface area contributed by atoms with Gasteiger partial charge in [0.2, 0.25) is 0 Å². The average Bonchev–Trinajstić information content (AvgIpc) is 2.96. The van der Waals surface area contributed by atoms with E-state index in [-0.39, 0.29) is 0 Å². The SMILES string of the molecule is N#Cc1ccc(-c2cc3ccccc3c3ccccc23)c(-c2cc3ccccc3c3ccccc23)c1. The summed E-state index contributed by atoms with van der Waals surface area (Å²) in [7, 11) is 0. The lowest BCUT2D eigenvalue weighted by atomic mass is 9.86. The largest absolute Gasteiger partial charge is 0.192 e. The van der Waals surface area contributed by atoms with E-state index >= 15 is 0 Å². The van der Waals surface area contributed by atoms with Crippen LogP contribution in [0.4, 0.5) is 0 Å². The van der Waals surface area contributed by atoms with Crippen molar-refractivity contribution in [1.29, 1.82) is 5.26 Å². The number of hydrogen-bond acceptors (Lipinski definition) is 1. The fourth-order valence-corrected chi connectivity index (χ4v) is 5.63. The van der Waals surface area contributed by atoms with E-state index in [4.69, 9.17) is 0 Å². The van der Waals surface area contributed by atoms with Gasteiger partial charge in [-0.25, -0.2) is 0 Å². The number of nitriles is 1. The maximum atomic E-state index is 9.82. The highest BCUT2D eigenvalue weighted by atomic mass is 14.2. The van der Waals surface area contributed by atoms with Crippen molar-refractivity contribution in [2.45, 2.75) is 0 Å². The maximum Gasteiger partial charge on any atom is 0.0991 e. The van der Waals surface area contributed by atoms with Crippen LogP contribution >= 0.6 is 0 Å². The fraction of sp³-hybridized carbons (Fsp3) is 0. The molecular weight excluding hydrogens is 434 g/mol. The third kappa shape index (κ3) is 3.09. The Labute approximate surface area is 209 Å². The van der Waals surface area contributed by atoms with Gasteiger partial charge < -0.3 is 0 Å². The van der Waals surface area contributed by atoms with E-state index in [2.05, 4.69) is 127 Å². The van der Waals surface area contributed by atoms with Crippen LogP contribution in [0.5, 0.6) is 0 Å². The summed E-state index contributed by atoms with van der Waals surface area (Å²) in [6.45, 7) is 0. The Morgan fingerprint density at radius 1 is 0.361 bits per heavy atom. The third-order valence-electron chi connectivity index (χ3n) is 7.27. The second-order valence-electron chi connectivity index (χ2n) is 9.25. The highest BCUT2D eigenvalue weighted by molar-refractivity contribution is 6.18. The molecule has 0 atom stereocenters. The van der Waals surface area contributed by atoms with Gasteiger partial charge in [0.15, 0.2) is 0 Å². The van der Waals surface area contributed by atoms with E-state index in [1.165, 1.54) is 48.7 Å². The minimum atomic E-state index is 0.663. The highest BCUT2D eigenvalue weighted by Gasteiger charge is 2.16. The second kappa shape index (κ2) is 8.08. The Hall–Kier alpha value is -4.93. The summed E-state index contributed by atoms with van der Waals surface area (Å²) < 4.78 is 0. The van der Waals surface area contributed by atoms with Gasteiger partial charge in [-0.1, -0.05) is 103 Å². The normalized spacial score (nSPS) is 11.3. The summed E-state index contributed by atoms with van der Waals surface area (Å²) in [6, 6.07) is 47.4. The zero-order chi connectivity index (χ0) is 24.1. The summed E-state index contributed by atoms with van der Waals surface area (Å²) in [4.78, 5) is 0. The molecule has 0 fully saturated rings. The van der Waals surface area contributed by atoms with Crippen LogP contribution in [0.2, 0.25) is 0 Å². The van der Waals surface area contributed by atoms with Gasteiger partial charge in [-0.05, 0) is 89.6 Å². The Morgan fingerprint density at radius 3 is 1.33 bits per heavy atom. The molecular formula is C35H21N. The molecule has 0 saturated carbocycles. The van der Waals surface area contributed by atoms with Crippen molar-refractivity contribution >= 4 is 43.1 Å². The van der Waals surface area contributed by atoms with Crippen molar-refractivity contribution in [3.05, 3.63) is 133 Å². The maximum absolute atomic E-state index is 9.82. The van der Waals surface area contributed by atoms with Crippen LogP contribution in [0.1, 0.15) is 5.56 Å². The predicted molar refractivity (Wildman–Crippen MR) is 152 cm³/mol. The van der Waals surface area contributed by atoms with Gasteiger partial charge in [0.1, 0.15) is 0 Å². The van der Waals surface area contributed by atoms with Crippen LogP contribution in [-0.2, 0) is 0 Å². The molecule has 0 spiro atoms. The standard InChI is InChI=1S/C35H21N/c36-22-23-17-18-32(34-20-24-9-1-3-11-26(24)28-13-5-7-15-30(28)34)33(19-23)35-21-25-10-2-4-12-27(25)29-14-6-8-16-31(29)35/h1-21H. The molecule has 0 unspecified atom stereocenters. The van der Waals surface area contributed by atoms with Crippen LogP contribution in [0.3, 0.4) is 0 Å². The zero-order valence-corrected chi connectivity index (χ0v) is 19.6. The molecule has 1 heteroatoms. The minimum absolute atomic E-state index is 0.663. The summed E-state index contributed by atoms with van der Waals surface area (Å²) in [5, 5.41) is 19.6. The molecule has 0 aliphatic heterocycles. The summed E-state index contributed by atoms with van der Waals surface area (Å²) in [5.41, 5.74) is 5.21. The molecule has 7 aromatic rings. The van der Waals surface area contributed by atoms with Crippen LogP contribution in [0, 0.1) is 11.3 Å². The molecule has 0 N–H and O–H groups in total. The lowest BCUT2D eigenvalue weighted by Crippen LogP contribution is -1.92. The van der Waals surface area contributed by atoms with Crippen LogP contribution < -0.4 is 0 Å². The van der Waals surface area contributed by atoms with Crippen LogP contribution in [-0.4, -0.2) is 0 Å². The first kappa shape index (κ1) is 20.4. The molecule has 166 valence electrons. The number of hydrogen-bond donors (Lipinski definition) is 0. The van der Waals surface area contributed by atoms with Gasteiger partial charge in [-0.3, -0.25) is 0 Å².